The van der Waals surface area contributed by atoms with Gasteiger partial charge in [-0.05, 0) is 67.6 Å². The molecule has 2 aromatic rings. The summed E-state index contributed by atoms with van der Waals surface area (Å²) in [6.07, 6.45) is 3.78. The summed E-state index contributed by atoms with van der Waals surface area (Å²) in [5.41, 5.74) is 3.06. The topological polar surface area (TPSA) is 76.1 Å². The zero-order valence-corrected chi connectivity index (χ0v) is 19.0. The molecular formula is C26H29NO5. The second-order valence-electron chi connectivity index (χ2n) is 8.55. The lowest BCUT2D eigenvalue weighted by atomic mass is 9.92. The van der Waals surface area contributed by atoms with Gasteiger partial charge < -0.3 is 19.5 Å². The smallest absolute Gasteiger partial charge is 0.295 e. The standard InChI is InChI=1S/C26H29NO5/c1-15-14-21(32-4)16(2)13-20(15)24(28)22-23(17-9-11-19(31-3)12-10-17)27(26(30)25(22)29)18-7-5-6-8-18/h9-14,18,23,28H,5-8H2,1-4H3/b24-22+. The van der Waals surface area contributed by atoms with Gasteiger partial charge in [-0.25, -0.2) is 0 Å². The van der Waals surface area contributed by atoms with Crippen molar-refractivity contribution < 1.29 is 24.2 Å². The van der Waals surface area contributed by atoms with Crippen LogP contribution in [0, 0.1) is 13.8 Å². The van der Waals surface area contributed by atoms with Crippen LogP contribution in [0.1, 0.15) is 54.0 Å². The van der Waals surface area contributed by atoms with Crippen LogP contribution in [-0.4, -0.2) is 42.0 Å². The number of carbonyl (C=O) groups is 2. The fraction of sp³-hybridized carbons (Fsp3) is 0.385. The van der Waals surface area contributed by atoms with E-state index in [0.29, 0.717) is 17.1 Å². The molecule has 1 saturated carbocycles. The Kier molecular flexibility index (Phi) is 5.96. The Morgan fingerprint density at radius 2 is 1.62 bits per heavy atom. The van der Waals surface area contributed by atoms with Gasteiger partial charge in [-0.3, -0.25) is 9.59 Å². The molecule has 0 spiro atoms. The van der Waals surface area contributed by atoms with E-state index in [1.165, 1.54) is 0 Å². The third-order valence-corrected chi connectivity index (χ3v) is 6.63. The van der Waals surface area contributed by atoms with Crippen molar-refractivity contribution >= 4 is 17.4 Å². The van der Waals surface area contributed by atoms with Crippen molar-refractivity contribution in [2.45, 2.75) is 51.6 Å². The normalized spacial score (nSPS) is 20.8. The first-order valence-corrected chi connectivity index (χ1v) is 11.0. The monoisotopic (exact) mass is 435 g/mol. The van der Waals surface area contributed by atoms with Crippen LogP contribution in [0.3, 0.4) is 0 Å². The Bertz CT molecular complexity index is 1080. The van der Waals surface area contributed by atoms with Crippen LogP contribution in [0.4, 0.5) is 0 Å². The Morgan fingerprint density at radius 1 is 0.969 bits per heavy atom. The molecule has 0 bridgehead atoms. The Labute approximate surface area is 188 Å². The Balaban J connectivity index is 1.90. The molecule has 1 heterocycles. The maximum absolute atomic E-state index is 13.3. The molecule has 2 aromatic carbocycles. The number of carbonyl (C=O) groups excluding carboxylic acids is 2. The highest BCUT2D eigenvalue weighted by Crippen LogP contribution is 2.44. The molecule has 1 unspecified atom stereocenters. The van der Waals surface area contributed by atoms with Gasteiger partial charge in [0.15, 0.2) is 0 Å². The van der Waals surface area contributed by atoms with E-state index in [0.717, 1.165) is 42.4 Å². The van der Waals surface area contributed by atoms with E-state index in [4.69, 9.17) is 9.47 Å². The first kappa shape index (κ1) is 21.9. The number of aryl methyl sites for hydroxylation is 2. The van der Waals surface area contributed by atoms with E-state index in [-0.39, 0.29) is 17.4 Å². The quantitative estimate of drug-likeness (QED) is 0.419. The number of ether oxygens (including phenoxy) is 2. The maximum Gasteiger partial charge on any atom is 0.295 e. The average molecular weight is 436 g/mol. The number of amides is 1. The third-order valence-electron chi connectivity index (χ3n) is 6.63. The van der Waals surface area contributed by atoms with E-state index in [1.54, 1.807) is 25.2 Å². The SMILES string of the molecule is COc1ccc(C2/C(=C(\O)c3cc(C)c(OC)cc3C)C(=O)C(=O)N2C2CCCC2)cc1. The van der Waals surface area contributed by atoms with E-state index in [9.17, 15) is 14.7 Å². The average Bonchev–Trinajstić information content (AvgIpc) is 3.41. The van der Waals surface area contributed by atoms with Crippen LogP contribution in [-0.2, 0) is 9.59 Å². The number of ketones is 1. The number of methoxy groups -OCH3 is 2. The van der Waals surface area contributed by atoms with Crippen molar-refractivity contribution in [3.8, 4) is 11.5 Å². The van der Waals surface area contributed by atoms with Crippen LogP contribution in [0.15, 0.2) is 42.0 Å². The number of aliphatic hydroxyl groups excluding tert-OH is 1. The second-order valence-corrected chi connectivity index (χ2v) is 8.55. The van der Waals surface area contributed by atoms with Crippen LogP contribution in [0.5, 0.6) is 11.5 Å². The summed E-state index contributed by atoms with van der Waals surface area (Å²) in [7, 11) is 3.19. The zero-order valence-electron chi connectivity index (χ0n) is 19.0. The molecule has 4 rings (SSSR count). The first-order valence-electron chi connectivity index (χ1n) is 11.0. The molecule has 6 heteroatoms. The van der Waals surface area contributed by atoms with Crippen molar-refractivity contribution in [1.29, 1.82) is 0 Å². The second kappa shape index (κ2) is 8.69. The predicted molar refractivity (Wildman–Crippen MR) is 122 cm³/mol. The van der Waals surface area contributed by atoms with Gasteiger partial charge in [0.25, 0.3) is 11.7 Å². The van der Waals surface area contributed by atoms with E-state index in [2.05, 4.69) is 0 Å². The molecular weight excluding hydrogens is 406 g/mol. The minimum Gasteiger partial charge on any atom is -0.507 e. The number of rotatable bonds is 5. The third kappa shape index (κ3) is 3.64. The van der Waals surface area contributed by atoms with Crippen LogP contribution < -0.4 is 9.47 Å². The highest BCUT2D eigenvalue weighted by Gasteiger charge is 2.49. The van der Waals surface area contributed by atoms with E-state index >= 15 is 0 Å². The number of Topliss-reactive ketones (excluding diaryl/α,β-unsaturated/α-hetero) is 1. The lowest BCUT2D eigenvalue weighted by molar-refractivity contribution is -0.141. The largest absolute Gasteiger partial charge is 0.507 e. The fourth-order valence-electron chi connectivity index (χ4n) is 4.93. The van der Waals surface area contributed by atoms with Crippen molar-refractivity contribution in [2.24, 2.45) is 0 Å². The van der Waals surface area contributed by atoms with Crippen molar-refractivity contribution in [3.05, 3.63) is 64.2 Å². The van der Waals surface area contributed by atoms with Gasteiger partial charge in [0.2, 0.25) is 0 Å². The zero-order chi connectivity index (χ0) is 23.0. The molecule has 1 amide bonds. The van der Waals surface area contributed by atoms with Crippen molar-refractivity contribution in [2.75, 3.05) is 14.2 Å². The van der Waals surface area contributed by atoms with E-state index < -0.39 is 17.7 Å². The Hall–Kier alpha value is -3.28. The molecule has 1 N–H and O–H groups in total. The summed E-state index contributed by atoms with van der Waals surface area (Å²) in [6.45, 7) is 3.74. The molecule has 0 aromatic heterocycles. The Morgan fingerprint density at radius 3 is 2.22 bits per heavy atom. The van der Waals surface area contributed by atoms with Gasteiger partial charge in [-0.1, -0.05) is 25.0 Å². The molecule has 6 nitrogen and oxygen atoms in total. The van der Waals surface area contributed by atoms with Gasteiger partial charge >= 0.3 is 0 Å². The maximum atomic E-state index is 13.3. The molecule has 32 heavy (non-hydrogen) atoms. The summed E-state index contributed by atoms with van der Waals surface area (Å²) in [5, 5.41) is 11.4. The molecule has 1 saturated heterocycles. The number of nitrogens with zero attached hydrogens (tertiary/aromatic N) is 1. The minimum absolute atomic E-state index is 0.0115. The van der Waals surface area contributed by atoms with Gasteiger partial charge in [-0.15, -0.1) is 0 Å². The van der Waals surface area contributed by atoms with Crippen LogP contribution in [0.25, 0.3) is 5.76 Å². The summed E-state index contributed by atoms with van der Waals surface area (Å²) < 4.78 is 10.7. The number of hydrogen-bond acceptors (Lipinski definition) is 5. The molecule has 1 aliphatic heterocycles. The highest BCUT2D eigenvalue weighted by molar-refractivity contribution is 6.46. The highest BCUT2D eigenvalue weighted by atomic mass is 16.5. The molecule has 2 aliphatic rings. The van der Waals surface area contributed by atoms with Gasteiger partial charge in [0, 0.05) is 11.6 Å². The summed E-state index contributed by atoms with van der Waals surface area (Å²) in [6, 6.07) is 10.3. The molecule has 2 fully saturated rings. The van der Waals surface area contributed by atoms with Gasteiger partial charge in [-0.2, -0.15) is 0 Å². The fourth-order valence-corrected chi connectivity index (χ4v) is 4.93. The number of aliphatic hydroxyl groups is 1. The number of likely N-dealkylation sites (tertiary alicyclic amines) is 1. The minimum atomic E-state index is -0.636. The molecule has 0 radical (unpaired) electrons. The summed E-state index contributed by atoms with van der Waals surface area (Å²) in [4.78, 5) is 28.1. The molecule has 1 atom stereocenters. The van der Waals surface area contributed by atoms with Crippen LogP contribution >= 0.6 is 0 Å². The van der Waals surface area contributed by atoms with E-state index in [1.807, 2.05) is 44.2 Å². The lowest BCUT2D eigenvalue weighted by Crippen LogP contribution is -2.37. The summed E-state index contributed by atoms with van der Waals surface area (Å²) in [5.74, 6) is 0.0727. The first-order chi connectivity index (χ1) is 15.4. The van der Waals surface area contributed by atoms with Gasteiger partial charge in [0.1, 0.15) is 17.3 Å². The molecule has 1 aliphatic carbocycles. The van der Waals surface area contributed by atoms with Crippen molar-refractivity contribution in [3.63, 3.8) is 0 Å². The van der Waals surface area contributed by atoms with Gasteiger partial charge in [0.05, 0.1) is 25.8 Å². The summed E-state index contributed by atoms with van der Waals surface area (Å²) >= 11 is 0. The van der Waals surface area contributed by atoms with Crippen molar-refractivity contribution in [1.82, 2.24) is 4.90 Å². The molecule has 168 valence electrons. The van der Waals surface area contributed by atoms with Crippen LogP contribution in [0.2, 0.25) is 0 Å². The number of hydrogen-bond donors (Lipinski definition) is 1. The number of benzene rings is 2. The lowest BCUT2D eigenvalue weighted by Gasteiger charge is -2.31. The predicted octanol–water partition coefficient (Wildman–Crippen LogP) is 4.68.